The number of halogens is 4. The van der Waals surface area contributed by atoms with Crippen molar-refractivity contribution in [3.05, 3.63) is 172 Å². The zero-order valence-electron chi connectivity index (χ0n) is 48.5. The van der Waals surface area contributed by atoms with Crippen LogP contribution in [0.4, 0.5) is 4.79 Å². The zero-order valence-corrected chi connectivity index (χ0v) is 54.8. The first kappa shape index (κ1) is 63.2. The molecular formula is C64H73B2Br4N8O6. The summed E-state index contributed by atoms with van der Waals surface area (Å²) in [6, 6.07) is 35.7. The summed E-state index contributed by atoms with van der Waals surface area (Å²) in [6.45, 7) is 7.27. The number of nitrogens with zero attached hydrogens (tertiary/aromatic N) is 1. The van der Waals surface area contributed by atoms with E-state index in [0.29, 0.717) is 13.2 Å². The maximum Gasteiger partial charge on any atom is 0.0460 e. The van der Waals surface area contributed by atoms with E-state index in [1.807, 2.05) is 76.2 Å². The van der Waals surface area contributed by atoms with E-state index in [1.54, 1.807) is 6.82 Å². The third-order valence-corrected chi connectivity index (χ3v) is 17.8. The van der Waals surface area contributed by atoms with Crippen molar-refractivity contribution in [1.29, 1.82) is 0 Å². The maximum atomic E-state index is 12.8. The molecule has 4 aromatic heterocycles. The largest absolute Gasteiger partial charge is 0.357 e. The van der Waals surface area contributed by atoms with Crippen LogP contribution in [0, 0.1) is 0 Å². The molecule has 8 N–H and O–H groups in total. The number of nitrogens with two attached hydrogens (primary N) is 1. The molecule has 84 heavy (non-hydrogen) atoms. The average molecular weight is 1390 g/mol. The summed E-state index contributed by atoms with van der Waals surface area (Å²) in [7, 11) is 5.92. The molecule has 4 atom stereocenters. The maximum absolute atomic E-state index is 12.8. The van der Waals surface area contributed by atoms with E-state index in [-0.39, 0.29) is 36.6 Å². The zero-order chi connectivity index (χ0) is 59.7. The Morgan fingerprint density at radius 1 is 0.619 bits per heavy atom. The number of ether oxygens (including phenoxy) is 1. The molecule has 439 valence electrons. The number of fused-ring (bicyclic) bond motifs is 12. The van der Waals surface area contributed by atoms with Crippen LogP contribution in [0.5, 0.6) is 0 Å². The summed E-state index contributed by atoms with van der Waals surface area (Å²) in [5.41, 5.74) is 21.6. The van der Waals surface area contributed by atoms with Crippen LogP contribution in [0.3, 0.4) is 0 Å². The van der Waals surface area contributed by atoms with Crippen molar-refractivity contribution in [2.24, 2.45) is 5.73 Å². The van der Waals surface area contributed by atoms with Gasteiger partial charge in [-0.2, -0.15) is 0 Å². The summed E-state index contributed by atoms with van der Waals surface area (Å²) in [5, 5.41) is 11.6. The van der Waals surface area contributed by atoms with Gasteiger partial charge in [-0.1, -0.05) is 81.9 Å². The Labute approximate surface area is 526 Å². The first-order valence-electron chi connectivity index (χ1n) is 28.9. The minimum absolute atomic E-state index is 0.00947. The van der Waals surface area contributed by atoms with Gasteiger partial charge >= 0.3 is 48.5 Å². The van der Waals surface area contributed by atoms with Crippen LogP contribution in [0.1, 0.15) is 152 Å². The van der Waals surface area contributed by atoms with Crippen LogP contribution in [0.25, 0.3) is 43.6 Å². The normalized spacial score (nSPS) is 17.7. The van der Waals surface area contributed by atoms with Crippen LogP contribution in [0.2, 0.25) is 6.82 Å². The molecule has 2 amide bonds. The number of carbonyl (C=O) groups is 2. The number of aromatic amines is 4. The number of carbonyl (C=O) groups excluding carboxylic acids is 2. The molecule has 4 aliphatic carbocycles. The van der Waals surface area contributed by atoms with Crippen LogP contribution in [-0.4, -0.2) is 77.7 Å². The Bertz CT molecular complexity index is 3750. The molecular weight excluding hydrogens is 1320 g/mol. The monoisotopic (exact) mass is 1390 g/mol. The van der Waals surface area contributed by atoms with E-state index in [9.17, 15) is 14.3 Å². The third-order valence-electron chi connectivity index (χ3n) is 15.8. The number of nitrogens with one attached hydrogen (secondary N) is 6. The first-order chi connectivity index (χ1) is 40.4. The van der Waals surface area contributed by atoms with Crippen LogP contribution < -0.4 is 16.4 Å². The van der Waals surface area contributed by atoms with Crippen molar-refractivity contribution in [3.8, 4) is 0 Å². The summed E-state index contributed by atoms with van der Waals surface area (Å²) < 4.78 is 19.3. The minimum Gasteiger partial charge on any atom is -0.357 e. The molecule has 0 spiro atoms. The number of benzene rings is 5. The van der Waals surface area contributed by atoms with Crippen molar-refractivity contribution >= 4 is 134 Å². The Morgan fingerprint density at radius 2 is 1.05 bits per heavy atom. The molecule has 0 aliphatic heterocycles. The van der Waals surface area contributed by atoms with Gasteiger partial charge in [0.15, 0.2) is 0 Å². The molecule has 0 saturated carbocycles. The minimum atomic E-state index is -0.479. The number of hydrogen-bond acceptors (Lipinski definition) is 8. The summed E-state index contributed by atoms with van der Waals surface area (Å²) in [6.07, 6.45) is 13.0. The van der Waals surface area contributed by atoms with E-state index < -0.39 is 5.60 Å². The van der Waals surface area contributed by atoms with Crippen LogP contribution in [-0.2, 0) is 44.8 Å². The van der Waals surface area contributed by atoms with Gasteiger partial charge in [-0.05, 0) is 212 Å². The molecule has 0 saturated heterocycles. The van der Waals surface area contributed by atoms with Crippen molar-refractivity contribution in [3.63, 3.8) is 0 Å². The number of H-pyrrole nitrogens is 4. The van der Waals surface area contributed by atoms with Crippen LogP contribution in [0.15, 0.2) is 121 Å². The Hall–Kier alpha value is -5.31. The van der Waals surface area contributed by atoms with Crippen molar-refractivity contribution in [2.45, 2.75) is 134 Å². The second-order valence-electron chi connectivity index (χ2n) is 22.6. The predicted octanol–water partition coefficient (Wildman–Crippen LogP) is 16.3. The predicted molar refractivity (Wildman–Crippen MR) is 353 cm³/mol. The van der Waals surface area contributed by atoms with E-state index in [4.69, 9.17) is 10.5 Å². The van der Waals surface area contributed by atoms with Crippen LogP contribution >= 0.6 is 63.7 Å². The van der Waals surface area contributed by atoms with Gasteiger partial charge in [0.2, 0.25) is 0 Å². The number of rotatable bonds is 8. The number of alkyl carbamates (subject to hydrolysis) is 1. The van der Waals surface area contributed by atoms with Crippen molar-refractivity contribution in [2.75, 3.05) is 20.6 Å². The smallest absolute Gasteiger partial charge is 0.0460 e. The Kier molecular flexibility index (Phi) is 21.8. The quantitative estimate of drug-likeness (QED) is 0.0338. The van der Waals surface area contributed by atoms with Gasteiger partial charge in [-0.3, -0.25) is 4.79 Å². The third kappa shape index (κ3) is 15.3. The fraction of sp³-hybridized carbons (Fsp3) is 0.375. The molecule has 0 fully saturated rings. The standard InChI is InChI=1S/C20H19BrN2O.C17H21BrN2O2.C13H15BrN2.C12H13BrN2.C2H5B2O3/c1-23(20(24)13-6-3-2-4-7-13)18-9-5-8-15-16-12-14(21)10-11-17(16)22-19(15)18;1-17(2,3)22-16(21)20-14-6-4-5-11-12-9-10(18)7-8-13(12)19-15(11)14;1-15-12-4-2-3-9-10-7-8(14)5-6-11(10)16-13(9)12;13-7-4-5-11-9(6-7)8-2-1-3-10(14)12(8)15-11;1-3-7-6-2-4-5/h2-4,6-7,10-12,18,22H,5,8-9H2,1H3;7-9,14,19H,4-6H2,1-3H3,(H,20,21);5-7,12,15-16H,2-4H2,1H3;4-6,10,15H,1-3,14H2;2H2,1H3. The second-order valence-corrected chi connectivity index (χ2v) is 26.3. The fourth-order valence-corrected chi connectivity index (χ4v) is 13.5. The van der Waals surface area contributed by atoms with Gasteiger partial charge in [0.05, 0.1) is 12.1 Å². The summed E-state index contributed by atoms with van der Waals surface area (Å²) in [5.74, 6) is 0.0771. The van der Waals surface area contributed by atoms with Gasteiger partial charge in [0.1, 0.15) is 5.60 Å². The van der Waals surface area contributed by atoms with Crippen molar-refractivity contribution in [1.82, 2.24) is 35.5 Å². The van der Waals surface area contributed by atoms with Gasteiger partial charge in [0, 0.05) is 109 Å². The van der Waals surface area contributed by atoms with E-state index in [0.717, 1.165) is 91.5 Å². The SMILES string of the molecule is CC(C)(C)OC(=O)NC1CCCc2c1[nH]c1ccc(Br)cc21.CN(C(=O)c1ccccc1)C1CCCc2c1[nH]c1ccc(Br)cc21.CNC1CCCc2c1[nH]c1ccc(Br)cc21.C[B]OOCB=O.NC1CCCc2c1[nH]c1ccc(Br)cc21. The average Bonchev–Trinajstić information content (AvgIpc) is 2.31. The number of aromatic nitrogens is 4. The van der Waals surface area contributed by atoms with Gasteiger partial charge in [0.25, 0.3) is 5.91 Å². The molecule has 9 aromatic rings. The Balaban J connectivity index is 0.000000131. The number of hydrogen-bond donors (Lipinski definition) is 7. The molecule has 0 bridgehead atoms. The topological polar surface area (TPSA) is 195 Å². The number of aryl methyl sites for hydroxylation is 4. The first-order valence-corrected chi connectivity index (χ1v) is 32.1. The van der Waals surface area contributed by atoms with E-state index >= 15 is 0 Å². The molecule has 5 aromatic carbocycles. The molecule has 1 radical (unpaired) electrons. The molecule has 4 aliphatic rings. The molecule has 13 rings (SSSR count). The van der Waals surface area contributed by atoms with Gasteiger partial charge in [-0.15, -0.1) is 0 Å². The molecule has 20 heteroatoms. The summed E-state index contributed by atoms with van der Waals surface area (Å²) >= 11 is 14.2. The molecule has 4 unspecified atom stereocenters. The number of amides is 2. The van der Waals surface area contributed by atoms with E-state index in [2.05, 4.69) is 171 Å². The van der Waals surface area contributed by atoms with Gasteiger partial charge in [-0.25, -0.2) is 4.79 Å². The molecule has 4 heterocycles. The summed E-state index contributed by atoms with van der Waals surface area (Å²) in [4.78, 5) is 49.2. The second kappa shape index (κ2) is 28.9. The molecule has 14 nitrogen and oxygen atoms in total. The Morgan fingerprint density at radius 3 is 1.52 bits per heavy atom. The van der Waals surface area contributed by atoms with Gasteiger partial charge < -0.3 is 45.9 Å². The van der Waals surface area contributed by atoms with Crippen molar-refractivity contribution < 1.29 is 28.7 Å². The van der Waals surface area contributed by atoms with E-state index in [1.165, 1.54) is 105 Å². The fourth-order valence-electron chi connectivity index (χ4n) is 12.1.